The molecule has 0 radical (unpaired) electrons. The van der Waals surface area contributed by atoms with Crippen LogP contribution < -0.4 is 0 Å². The van der Waals surface area contributed by atoms with Crippen molar-refractivity contribution in [2.75, 3.05) is 40.0 Å². The average Bonchev–Trinajstić information content (AvgIpc) is 2.17. The molecule has 4 nitrogen and oxygen atoms in total. The molecule has 4 heteroatoms. The Bertz CT molecular complexity index is 181. The van der Waals surface area contributed by atoms with Crippen molar-refractivity contribution in [3.8, 4) is 0 Å². The Labute approximate surface area is 91.8 Å². The predicted molar refractivity (Wildman–Crippen MR) is 58.7 cm³/mol. The van der Waals surface area contributed by atoms with Crippen LogP contribution >= 0.6 is 0 Å². The highest BCUT2D eigenvalue weighted by molar-refractivity contribution is 4.84. The molecular formula is C11H23NO3. The minimum Gasteiger partial charge on any atom is -0.396 e. The third kappa shape index (κ3) is 4.47. The van der Waals surface area contributed by atoms with Gasteiger partial charge in [-0.2, -0.15) is 0 Å². The van der Waals surface area contributed by atoms with Gasteiger partial charge in [0.2, 0.25) is 0 Å². The van der Waals surface area contributed by atoms with Crippen LogP contribution in [0.4, 0.5) is 0 Å². The van der Waals surface area contributed by atoms with Crippen molar-refractivity contribution in [2.45, 2.75) is 25.4 Å². The molecule has 1 unspecified atom stereocenters. The molecule has 1 atom stereocenters. The second-order valence-corrected chi connectivity index (χ2v) is 4.82. The zero-order chi connectivity index (χ0) is 11.3. The molecule has 0 amide bonds. The van der Waals surface area contributed by atoms with Gasteiger partial charge in [-0.05, 0) is 13.0 Å². The number of ether oxygens (including phenoxy) is 1. The van der Waals surface area contributed by atoms with Crippen LogP contribution in [0.15, 0.2) is 0 Å². The van der Waals surface area contributed by atoms with Crippen LogP contribution in [0.5, 0.6) is 0 Å². The quantitative estimate of drug-likeness (QED) is 0.685. The Morgan fingerprint density at radius 1 is 1.40 bits per heavy atom. The first kappa shape index (κ1) is 12.9. The van der Waals surface area contributed by atoms with Gasteiger partial charge in [0.1, 0.15) is 0 Å². The molecule has 0 spiro atoms. The molecule has 0 aromatic rings. The summed E-state index contributed by atoms with van der Waals surface area (Å²) in [6.07, 6.45) is 1.43. The highest BCUT2D eigenvalue weighted by Crippen LogP contribution is 2.21. The summed E-state index contributed by atoms with van der Waals surface area (Å²) in [4.78, 5) is 2.09. The van der Waals surface area contributed by atoms with Crippen LogP contribution in [0.2, 0.25) is 0 Å². The van der Waals surface area contributed by atoms with E-state index in [4.69, 9.17) is 9.84 Å². The molecular weight excluding hydrogens is 194 g/mol. The van der Waals surface area contributed by atoms with E-state index in [9.17, 15) is 5.11 Å². The Balaban J connectivity index is 2.31. The smallest absolute Gasteiger partial charge is 0.0817 e. The second kappa shape index (κ2) is 5.80. The number of hydrogen-bond acceptors (Lipinski definition) is 4. The molecule has 1 saturated heterocycles. The summed E-state index contributed by atoms with van der Waals surface area (Å²) in [5.74, 6) is 0.262. The Morgan fingerprint density at radius 3 is 2.53 bits per heavy atom. The molecule has 0 aromatic carbocycles. The Kier molecular flexibility index (Phi) is 4.99. The zero-order valence-corrected chi connectivity index (χ0v) is 9.78. The summed E-state index contributed by atoms with van der Waals surface area (Å²) < 4.78 is 5.23. The molecule has 1 aliphatic heterocycles. The minimum absolute atomic E-state index is 0.200. The van der Waals surface area contributed by atoms with Crippen LogP contribution in [-0.2, 0) is 4.74 Å². The number of likely N-dealkylation sites (N-methyl/N-ethyl adjacent to an activating group) is 1. The van der Waals surface area contributed by atoms with Gasteiger partial charge in [0.25, 0.3) is 0 Å². The van der Waals surface area contributed by atoms with Crippen LogP contribution in [0.1, 0.15) is 19.8 Å². The largest absolute Gasteiger partial charge is 0.396 e. The van der Waals surface area contributed by atoms with Crippen molar-refractivity contribution in [2.24, 2.45) is 5.92 Å². The van der Waals surface area contributed by atoms with Crippen LogP contribution in [0.25, 0.3) is 0 Å². The lowest BCUT2D eigenvalue weighted by Gasteiger charge is -2.36. The van der Waals surface area contributed by atoms with Crippen LogP contribution in [0, 0.1) is 5.92 Å². The van der Waals surface area contributed by atoms with E-state index in [0.29, 0.717) is 32.6 Å². The fourth-order valence-electron chi connectivity index (χ4n) is 2.07. The van der Waals surface area contributed by atoms with Gasteiger partial charge in [0.05, 0.1) is 5.60 Å². The van der Waals surface area contributed by atoms with Crippen molar-refractivity contribution in [3.05, 3.63) is 0 Å². The molecule has 0 saturated carbocycles. The van der Waals surface area contributed by atoms with Gasteiger partial charge in [-0.3, -0.25) is 0 Å². The third-order valence-electron chi connectivity index (χ3n) is 2.92. The normalized spacial score (nSPS) is 23.0. The number of nitrogens with zero attached hydrogens (tertiary/aromatic N) is 1. The molecule has 1 heterocycles. The van der Waals surface area contributed by atoms with Gasteiger partial charge >= 0.3 is 0 Å². The summed E-state index contributed by atoms with van der Waals surface area (Å²) >= 11 is 0. The third-order valence-corrected chi connectivity index (χ3v) is 2.92. The standard InChI is InChI=1S/C11H23NO3/c1-10(8-13)7-12(2)9-11(14)3-5-15-6-4-11/h10,13-14H,3-9H2,1-2H3. The second-order valence-electron chi connectivity index (χ2n) is 4.82. The zero-order valence-electron chi connectivity index (χ0n) is 9.78. The van der Waals surface area contributed by atoms with Crippen molar-refractivity contribution in [1.82, 2.24) is 4.90 Å². The van der Waals surface area contributed by atoms with Gasteiger partial charge in [-0.1, -0.05) is 6.92 Å². The minimum atomic E-state index is -0.595. The van der Waals surface area contributed by atoms with E-state index >= 15 is 0 Å². The molecule has 1 aliphatic rings. The first-order valence-electron chi connectivity index (χ1n) is 5.65. The van der Waals surface area contributed by atoms with Gasteiger partial charge in [-0.25, -0.2) is 0 Å². The lowest BCUT2D eigenvalue weighted by atomic mass is 9.93. The Morgan fingerprint density at radius 2 is 2.00 bits per heavy atom. The molecule has 1 rings (SSSR count). The van der Waals surface area contributed by atoms with E-state index in [-0.39, 0.29) is 12.5 Å². The van der Waals surface area contributed by atoms with Gasteiger partial charge in [-0.15, -0.1) is 0 Å². The molecule has 0 aliphatic carbocycles. The maximum atomic E-state index is 10.2. The number of aliphatic hydroxyl groups is 2. The summed E-state index contributed by atoms with van der Waals surface area (Å²) in [6.45, 7) is 5.00. The average molecular weight is 217 g/mol. The van der Waals surface area contributed by atoms with Gasteiger partial charge in [0.15, 0.2) is 0 Å². The first-order chi connectivity index (χ1) is 7.06. The summed E-state index contributed by atoms with van der Waals surface area (Å²) in [6, 6.07) is 0. The lowest BCUT2D eigenvalue weighted by Crippen LogP contribution is -2.46. The Hall–Kier alpha value is -0.160. The molecule has 0 bridgehead atoms. The van der Waals surface area contributed by atoms with E-state index in [1.54, 1.807) is 0 Å². The predicted octanol–water partition coefficient (Wildman–Crippen LogP) is 0.0881. The van der Waals surface area contributed by atoms with Crippen molar-refractivity contribution < 1.29 is 14.9 Å². The lowest BCUT2D eigenvalue weighted by molar-refractivity contribution is -0.0783. The summed E-state index contributed by atoms with van der Waals surface area (Å²) in [7, 11) is 1.99. The number of hydrogen-bond donors (Lipinski definition) is 2. The topological polar surface area (TPSA) is 52.9 Å². The first-order valence-corrected chi connectivity index (χ1v) is 5.65. The van der Waals surface area contributed by atoms with E-state index < -0.39 is 5.60 Å². The molecule has 90 valence electrons. The summed E-state index contributed by atoms with van der Waals surface area (Å²) in [5.41, 5.74) is -0.595. The van der Waals surface area contributed by atoms with Crippen LogP contribution in [-0.4, -0.2) is 60.7 Å². The SMILES string of the molecule is CC(CO)CN(C)CC1(O)CCOCC1. The maximum absolute atomic E-state index is 10.2. The molecule has 0 aromatic heterocycles. The van der Waals surface area contributed by atoms with E-state index in [1.807, 2.05) is 14.0 Å². The molecule has 2 N–H and O–H groups in total. The highest BCUT2D eigenvalue weighted by atomic mass is 16.5. The van der Waals surface area contributed by atoms with Crippen molar-refractivity contribution in [3.63, 3.8) is 0 Å². The fraction of sp³-hybridized carbons (Fsp3) is 1.00. The number of aliphatic hydroxyl groups excluding tert-OH is 1. The van der Waals surface area contributed by atoms with Crippen LogP contribution in [0.3, 0.4) is 0 Å². The summed E-state index contributed by atoms with van der Waals surface area (Å²) in [5, 5.41) is 19.2. The molecule has 15 heavy (non-hydrogen) atoms. The molecule has 1 fully saturated rings. The van der Waals surface area contributed by atoms with E-state index in [1.165, 1.54) is 0 Å². The highest BCUT2D eigenvalue weighted by Gasteiger charge is 2.31. The van der Waals surface area contributed by atoms with Gasteiger partial charge < -0.3 is 19.8 Å². The van der Waals surface area contributed by atoms with E-state index in [2.05, 4.69) is 4.90 Å². The van der Waals surface area contributed by atoms with E-state index in [0.717, 1.165) is 6.54 Å². The maximum Gasteiger partial charge on any atom is 0.0817 e. The van der Waals surface area contributed by atoms with Crippen molar-refractivity contribution >= 4 is 0 Å². The van der Waals surface area contributed by atoms with Crippen molar-refractivity contribution in [1.29, 1.82) is 0 Å². The van der Waals surface area contributed by atoms with Gasteiger partial charge in [0, 0.05) is 45.8 Å². The monoisotopic (exact) mass is 217 g/mol. The fourth-order valence-corrected chi connectivity index (χ4v) is 2.07. The number of rotatable bonds is 5.